The summed E-state index contributed by atoms with van der Waals surface area (Å²) in [6.45, 7) is 1.14. The first-order chi connectivity index (χ1) is 16.1. The molecule has 2 aromatic rings. The Morgan fingerprint density at radius 3 is 2.44 bits per heavy atom. The number of carbonyl (C=O) groups excluding carboxylic acids is 2. The summed E-state index contributed by atoms with van der Waals surface area (Å²) >= 11 is 0. The Hall–Kier alpha value is -4.09. The van der Waals surface area contributed by atoms with E-state index in [0.29, 0.717) is 25.9 Å². The van der Waals surface area contributed by atoms with Crippen LogP contribution in [-0.2, 0) is 11.2 Å². The highest BCUT2D eigenvalue weighted by molar-refractivity contribution is 5.93. The number of piperidine rings is 1. The van der Waals surface area contributed by atoms with Gasteiger partial charge >= 0.3 is 12.2 Å². The first-order valence-corrected chi connectivity index (χ1v) is 10.3. The van der Waals surface area contributed by atoms with Crippen LogP contribution in [0.3, 0.4) is 0 Å². The fraction of sp³-hybridized carbons (Fsp3) is 0.273. The summed E-state index contributed by atoms with van der Waals surface area (Å²) < 4.78 is 37.5. The van der Waals surface area contributed by atoms with Crippen molar-refractivity contribution in [3.05, 3.63) is 75.9 Å². The molecular weight excluding hydrogens is 455 g/mol. The monoisotopic (exact) mass is 477 g/mol. The molecule has 12 heteroatoms. The van der Waals surface area contributed by atoms with Crippen molar-refractivity contribution >= 4 is 29.0 Å². The van der Waals surface area contributed by atoms with E-state index in [0.717, 1.165) is 11.3 Å². The Morgan fingerprint density at radius 1 is 1.06 bits per heavy atom. The number of urea groups is 1. The molecule has 0 aromatic heterocycles. The molecule has 1 heterocycles. The van der Waals surface area contributed by atoms with E-state index in [1.807, 2.05) is 4.90 Å². The number of halogens is 3. The number of nitro groups is 1. The number of hydrogen-bond donors (Lipinski definition) is 3. The summed E-state index contributed by atoms with van der Waals surface area (Å²) in [5, 5.41) is 13.3. The number of anilines is 2. The van der Waals surface area contributed by atoms with Crippen molar-refractivity contribution in [3.63, 3.8) is 0 Å². The van der Waals surface area contributed by atoms with Crippen molar-refractivity contribution in [2.45, 2.75) is 25.4 Å². The van der Waals surface area contributed by atoms with E-state index in [9.17, 15) is 32.9 Å². The molecule has 3 N–H and O–H groups in total. The van der Waals surface area contributed by atoms with Gasteiger partial charge in [-0.05, 0) is 36.6 Å². The number of nitrogens with zero attached hydrogens (tertiary/aromatic N) is 2. The molecule has 1 aliphatic heterocycles. The van der Waals surface area contributed by atoms with Gasteiger partial charge in [0.25, 0.3) is 11.6 Å². The van der Waals surface area contributed by atoms with Crippen LogP contribution in [-0.4, -0.2) is 36.1 Å². The molecule has 34 heavy (non-hydrogen) atoms. The summed E-state index contributed by atoms with van der Waals surface area (Å²) in [7, 11) is 0. The first kappa shape index (κ1) is 24.6. The molecule has 1 aliphatic rings. The summed E-state index contributed by atoms with van der Waals surface area (Å²) in [5.41, 5.74) is 6.11. The van der Waals surface area contributed by atoms with Crippen LogP contribution in [0.2, 0.25) is 0 Å². The van der Waals surface area contributed by atoms with Crippen LogP contribution >= 0.6 is 0 Å². The number of non-ortho nitro benzene ring substituents is 1. The van der Waals surface area contributed by atoms with Crippen LogP contribution in [0.5, 0.6) is 0 Å². The molecule has 0 atom stereocenters. The van der Waals surface area contributed by atoms with E-state index in [4.69, 9.17) is 0 Å². The average molecular weight is 477 g/mol. The molecule has 0 unspecified atom stereocenters. The fourth-order valence-electron chi connectivity index (χ4n) is 3.49. The van der Waals surface area contributed by atoms with Gasteiger partial charge in [0, 0.05) is 42.7 Å². The highest BCUT2D eigenvalue weighted by Crippen LogP contribution is 2.26. The third kappa shape index (κ3) is 7.50. The lowest BCUT2D eigenvalue weighted by Crippen LogP contribution is -2.43. The maximum absolute atomic E-state index is 12.5. The Labute approximate surface area is 192 Å². The summed E-state index contributed by atoms with van der Waals surface area (Å²) in [6.07, 6.45) is -2.98. The second-order valence-corrected chi connectivity index (χ2v) is 7.63. The van der Waals surface area contributed by atoms with Crippen LogP contribution in [0, 0.1) is 10.1 Å². The molecule has 1 saturated heterocycles. The second-order valence-electron chi connectivity index (χ2n) is 7.63. The van der Waals surface area contributed by atoms with E-state index in [1.165, 1.54) is 42.5 Å². The van der Waals surface area contributed by atoms with Gasteiger partial charge in [-0.2, -0.15) is 13.2 Å². The zero-order valence-electron chi connectivity index (χ0n) is 17.9. The molecule has 0 bridgehead atoms. The predicted octanol–water partition coefficient (Wildman–Crippen LogP) is 4.08. The Morgan fingerprint density at radius 2 is 1.76 bits per heavy atom. The predicted molar refractivity (Wildman–Crippen MR) is 119 cm³/mol. The van der Waals surface area contributed by atoms with Crippen molar-refractivity contribution in [2.75, 3.05) is 23.3 Å². The normalized spacial score (nSPS) is 13.7. The SMILES string of the molecule is O=C(C=C1CCN(c2cccc([N+](=O)[O-])c2)CC1)NNC(=O)Nc1cccc(CC(F)(F)F)c1. The zero-order valence-corrected chi connectivity index (χ0v) is 17.9. The lowest BCUT2D eigenvalue weighted by molar-refractivity contribution is -0.384. The minimum absolute atomic E-state index is 0.00415. The number of hydrogen-bond acceptors (Lipinski definition) is 5. The van der Waals surface area contributed by atoms with Gasteiger partial charge in [0.1, 0.15) is 0 Å². The standard InChI is InChI=1S/C22H22F3N5O4/c23-22(24,25)14-16-3-1-4-17(11-16)26-21(32)28-27-20(31)12-15-7-9-29(10-8-15)18-5-2-6-19(13-18)30(33)34/h1-6,11-13H,7-10,14H2,(H,27,31)(H2,26,28,32). The van der Waals surface area contributed by atoms with Crippen LogP contribution < -0.4 is 21.1 Å². The Kier molecular flexibility index (Phi) is 7.71. The number of carbonyl (C=O) groups is 2. The van der Waals surface area contributed by atoms with Crippen LogP contribution in [0.25, 0.3) is 0 Å². The molecule has 9 nitrogen and oxygen atoms in total. The van der Waals surface area contributed by atoms with Gasteiger partial charge in [0.15, 0.2) is 0 Å². The topological polar surface area (TPSA) is 117 Å². The fourth-order valence-corrected chi connectivity index (χ4v) is 3.49. The van der Waals surface area contributed by atoms with Crippen LogP contribution in [0.4, 0.5) is 35.0 Å². The van der Waals surface area contributed by atoms with Gasteiger partial charge < -0.3 is 10.2 Å². The molecule has 2 aromatic carbocycles. The number of nitrogens with one attached hydrogen (secondary N) is 3. The highest BCUT2D eigenvalue weighted by atomic mass is 19.4. The molecular formula is C22H22F3N5O4. The Bertz CT molecular complexity index is 1090. The van der Waals surface area contributed by atoms with Gasteiger partial charge in [0.05, 0.1) is 11.3 Å². The van der Waals surface area contributed by atoms with E-state index in [-0.39, 0.29) is 16.9 Å². The van der Waals surface area contributed by atoms with Crippen LogP contribution in [0.1, 0.15) is 18.4 Å². The van der Waals surface area contributed by atoms with Gasteiger partial charge in [-0.15, -0.1) is 0 Å². The van der Waals surface area contributed by atoms with Crippen LogP contribution in [0.15, 0.2) is 60.2 Å². The maximum Gasteiger partial charge on any atom is 0.393 e. The van der Waals surface area contributed by atoms with Crippen molar-refractivity contribution < 1.29 is 27.7 Å². The van der Waals surface area contributed by atoms with Gasteiger partial charge in [-0.3, -0.25) is 20.3 Å². The van der Waals surface area contributed by atoms with Crippen molar-refractivity contribution in [2.24, 2.45) is 0 Å². The molecule has 180 valence electrons. The summed E-state index contributed by atoms with van der Waals surface area (Å²) in [5.74, 6) is -0.556. The maximum atomic E-state index is 12.5. The third-order valence-corrected chi connectivity index (χ3v) is 5.04. The highest BCUT2D eigenvalue weighted by Gasteiger charge is 2.27. The minimum atomic E-state index is -4.36. The molecule has 3 amide bonds. The number of amides is 3. The quantitative estimate of drug-likeness (QED) is 0.341. The summed E-state index contributed by atoms with van der Waals surface area (Å²) in [4.78, 5) is 36.5. The lowest BCUT2D eigenvalue weighted by atomic mass is 10.0. The number of nitro benzene ring substituents is 1. The number of alkyl halides is 3. The number of rotatable bonds is 5. The van der Waals surface area contributed by atoms with Gasteiger partial charge in [-0.25, -0.2) is 10.2 Å². The number of benzene rings is 2. The summed E-state index contributed by atoms with van der Waals surface area (Å²) in [6, 6.07) is 10.8. The van der Waals surface area contributed by atoms with Crippen molar-refractivity contribution in [1.82, 2.24) is 10.9 Å². The lowest BCUT2D eigenvalue weighted by Gasteiger charge is -2.30. The largest absolute Gasteiger partial charge is 0.393 e. The first-order valence-electron chi connectivity index (χ1n) is 10.3. The zero-order chi connectivity index (χ0) is 24.7. The van der Waals surface area contributed by atoms with Crippen molar-refractivity contribution in [3.8, 4) is 0 Å². The van der Waals surface area contributed by atoms with Gasteiger partial charge in [0.2, 0.25) is 0 Å². The smallest absolute Gasteiger partial charge is 0.371 e. The van der Waals surface area contributed by atoms with E-state index >= 15 is 0 Å². The minimum Gasteiger partial charge on any atom is -0.371 e. The Balaban J connectivity index is 1.46. The molecule has 0 saturated carbocycles. The van der Waals surface area contributed by atoms with Crippen molar-refractivity contribution in [1.29, 1.82) is 0 Å². The molecule has 1 fully saturated rings. The molecule has 0 spiro atoms. The number of hydrazine groups is 1. The van der Waals surface area contributed by atoms with E-state index in [1.54, 1.807) is 12.1 Å². The molecule has 0 radical (unpaired) electrons. The van der Waals surface area contributed by atoms with E-state index in [2.05, 4.69) is 16.2 Å². The average Bonchev–Trinajstić information content (AvgIpc) is 2.77. The molecule has 0 aliphatic carbocycles. The molecule has 3 rings (SSSR count). The third-order valence-electron chi connectivity index (χ3n) is 5.04. The van der Waals surface area contributed by atoms with Gasteiger partial charge in [-0.1, -0.05) is 23.8 Å². The second kappa shape index (κ2) is 10.7. The van der Waals surface area contributed by atoms with E-state index < -0.39 is 29.5 Å².